The lowest BCUT2D eigenvalue weighted by molar-refractivity contribution is -0.120. The van der Waals surface area contributed by atoms with Crippen LogP contribution in [0.25, 0.3) is 0 Å². The zero-order valence-corrected chi connectivity index (χ0v) is 16.8. The predicted molar refractivity (Wildman–Crippen MR) is 107 cm³/mol. The van der Waals surface area contributed by atoms with E-state index < -0.39 is 40.3 Å². The summed E-state index contributed by atoms with van der Waals surface area (Å²) in [7, 11) is -3.85. The molecule has 4 N–H and O–H groups in total. The van der Waals surface area contributed by atoms with Crippen molar-refractivity contribution in [2.24, 2.45) is 0 Å². The Morgan fingerprint density at radius 2 is 1.62 bits per heavy atom. The Hall–Kier alpha value is -2.01. The van der Waals surface area contributed by atoms with E-state index in [0.29, 0.717) is 10.7 Å². The number of halogens is 1. The van der Waals surface area contributed by atoms with Crippen LogP contribution in [0.5, 0.6) is 0 Å². The highest BCUT2D eigenvalue weighted by Gasteiger charge is 2.43. The average Bonchev–Trinajstić information content (AvgIpc) is 2.95. The molecule has 1 aliphatic rings. The van der Waals surface area contributed by atoms with Crippen LogP contribution in [0.4, 0.5) is 5.69 Å². The molecule has 0 radical (unpaired) electrons. The van der Waals surface area contributed by atoms with E-state index >= 15 is 0 Å². The molecule has 156 valence electrons. The Bertz CT molecular complexity index is 939. The predicted octanol–water partition coefficient (Wildman–Crippen LogP) is 1.14. The largest absolute Gasteiger partial charge is 0.388 e. The molecule has 1 fully saturated rings. The minimum atomic E-state index is -3.85. The molecule has 0 bridgehead atoms. The number of hydrogen-bond donors (Lipinski definition) is 4. The molecule has 1 saturated heterocycles. The maximum atomic E-state index is 12.3. The van der Waals surface area contributed by atoms with Crippen LogP contribution >= 0.6 is 11.6 Å². The quantitative estimate of drug-likeness (QED) is 0.511. The standard InChI is InChI=1S/C19H21ClN2O6S/c20-12-6-8-14(9-7-12)29(26,27)21-11-16-19(25)18(24)15(28-16)10-17(23)22-13-4-2-1-3-5-13/h1-9,15-16,18-19,21,24-25H,10-11H2,(H,22,23). The van der Waals surface area contributed by atoms with Gasteiger partial charge in [0.1, 0.15) is 18.3 Å². The van der Waals surface area contributed by atoms with Crippen LogP contribution < -0.4 is 10.0 Å². The number of amides is 1. The summed E-state index contributed by atoms with van der Waals surface area (Å²) in [6.45, 7) is -0.264. The molecule has 3 rings (SSSR count). The molecule has 29 heavy (non-hydrogen) atoms. The monoisotopic (exact) mass is 440 g/mol. The van der Waals surface area contributed by atoms with Gasteiger partial charge in [-0.15, -0.1) is 0 Å². The van der Waals surface area contributed by atoms with Crippen molar-refractivity contribution in [3.05, 3.63) is 59.6 Å². The van der Waals surface area contributed by atoms with E-state index in [-0.39, 0.29) is 17.9 Å². The van der Waals surface area contributed by atoms with E-state index in [2.05, 4.69) is 10.0 Å². The molecule has 0 aromatic heterocycles. The lowest BCUT2D eigenvalue weighted by Crippen LogP contribution is -2.40. The summed E-state index contributed by atoms with van der Waals surface area (Å²) in [5.74, 6) is -0.394. The van der Waals surface area contributed by atoms with Crippen molar-refractivity contribution in [3.8, 4) is 0 Å². The summed E-state index contributed by atoms with van der Waals surface area (Å²) < 4.78 is 32.5. The number of carbonyl (C=O) groups excluding carboxylic acids is 1. The third kappa shape index (κ3) is 5.53. The summed E-state index contributed by atoms with van der Waals surface area (Å²) in [6, 6.07) is 14.4. The van der Waals surface area contributed by atoms with Crippen molar-refractivity contribution in [2.45, 2.75) is 35.7 Å². The molecule has 2 aromatic rings. The number of para-hydroxylation sites is 1. The molecular weight excluding hydrogens is 420 g/mol. The first-order chi connectivity index (χ1) is 13.8. The van der Waals surface area contributed by atoms with Crippen molar-refractivity contribution in [2.75, 3.05) is 11.9 Å². The molecule has 0 aliphatic carbocycles. The van der Waals surface area contributed by atoms with Crippen LogP contribution in [0.2, 0.25) is 5.02 Å². The van der Waals surface area contributed by atoms with E-state index in [0.717, 1.165) is 0 Å². The topological polar surface area (TPSA) is 125 Å². The number of nitrogens with one attached hydrogen (secondary N) is 2. The van der Waals surface area contributed by atoms with Gasteiger partial charge in [-0.3, -0.25) is 4.79 Å². The molecule has 1 amide bonds. The maximum Gasteiger partial charge on any atom is 0.240 e. The first kappa shape index (κ1) is 21.7. The van der Waals surface area contributed by atoms with Gasteiger partial charge >= 0.3 is 0 Å². The molecule has 8 nitrogen and oxygen atoms in total. The highest BCUT2D eigenvalue weighted by atomic mass is 35.5. The van der Waals surface area contributed by atoms with Crippen LogP contribution in [-0.2, 0) is 19.6 Å². The number of aliphatic hydroxyl groups excluding tert-OH is 2. The number of ether oxygens (including phenoxy) is 1. The third-order valence-corrected chi connectivity index (χ3v) is 6.20. The first-order valence-electron chi connectivity index (χ1n) is 8.88. The second-order valence-corrected chi connectivity index (χ2v) is 8.82. The van der Waals surface area contributed by atoms with Gasteiger partial charge in [0.25, 0.3) is 0 Å². The number of hydrogen-bond acceptors (Lipinski definition) is 6. The summed E-state index contributed by atoms with van der Waals surface area (Å²) >= 11 is 5.76. The van der Waals surface area contributed by atoms with E-state index in [9.17, 15) is 23.4 Å². The second kappa shape index (κ2) is 9.21. The maximum absolute atomic E-state index is 12.3. The van der Waals surface area contributed by atoms with Gasteiger partial charge in [-0.05, 0) is 36.4 Å². The number of rotatable bonds is 7. The Labute approximate surface area is 173 Å². The van der Waals surface area contributed by atoms with Crippen molar-refractivity contribution < 1.29 is 28.2 Å². The molecule has 2 aromatic carbocycles. The van der Waals surface area contributed by atoms with Crippen LogP contribution in [0, 0.1) is 0 Å². The third-order valence-electron chi connectivity index (χ3n) is 4.50. The van der Waals surface area contributed by atoms with Crippen LogP contribution in [0.3, 0.4) is 0 Å². The summed E-state index contributed by atoms with van der Waals surface area (Å²) in [4.78, 5) is 12.2. The van der Waals surface area contributed by atoms with Crippen molar-refractivity contribution in [1.29, 1.82) is 0 Å². The Morgan fingerprint density at radius 3 is 2.28 bits per heavy atom. The number of aliphatic hydroxyl groups is 2. The van der Waals surface area contributed by atoms with Gasteiger partial charge in [-0.2, -0.15) is 0 Å². The molecule has 0 saturated carbocycles. The van der Waals surface area contributed by atoms with Gasteiger partial charge in [0.05, 0.1) is 17.4 Å². The van der Waals surface area contributed by atoms with Crippen LogP contribution in [-0.4, -0.2) is 55.5 Å². The summed E-state index contributed by atoms with van der Waals surface area (Å²) in [6.07, 6.45) is -4.80. The summed E-state index contributed by atoms with van der Waals surface area (Å²) in [5.41, 5.74) is 0.595. The lowest BCUT2D eigenvalue weighted by atomic mass is 10.1. The minimum absolute atomic E-state index is 0.00808. The number of carbonyl (C=O) groups is 1. The fourth-order valence-corrected chi connectivity index (χ4v) is 4.14. The molecule has 1 aliphatic heterocycles. The van der Waals surface area contributed by atoms with E-state index in [1.54, 1.807) is 24.3 Å². The van der Waals surface area contributed by atoms with Crippen molar-refractivity contribution >= 4 is 33.2 Å². The minimum Gasteiger partial charge on any atom is -0.388 e. The second-order valence-electron chi connectivity index (χ2n) is 6.62. The van der Waals surface area contributed by atoms with Gasteiger partial charge in [-0.1, -0.05) is 29.8 Å². The molecule has 4 atom stereocenters. The fraction of sp³-hybridized carbons (Fsp3) is 0.316. The van der Waals surface area contributed by atoms with Gasteiger partial charge in [0, 0.05) is 17.3 Å². The highest BCUT2D eigenvalue weighted by molar-refractivity contribution is 7.89. The molecule has 4 unspecified atom stereocenters. The zero-order valence-electron chi connectivity index (χ0n) is 15.2. The van der Waals surface area contributed by atoms with Gasteiger partial charge < -0.3 is 20.3 Å². The number of anilines is 1. The Kier molecular flexibility index (Phi) is 6.89. The number of sulfonamides is 1. The Balaban J connectivity index is 1.56. The van der Waals surface area contributed by atoms with Crippen LogP contribution in [0.1, 0.15) is 6.42 Å². The summed E-state index contributed by atoms with van der Waals surface area (Å²) in [5, 5.41) is 23.4. The van der Waals surface area contributed by atoms with Crippen LogP contribution in [0.15, 0.2) is 59.5 Å². The highest BCUT2D eigenvalue weighted by Crippen LogP contribution is 2.24. The zero-order chi connectivity index (χ0) is 21.0. The SMILES string of the molecule is O=C(CC1OC(CNS(=O)(=O)c2ccc(Cl)cc2)C(O)C1O)Nc1ccccc1. The van der Waals surface area contributed by atoms with Gasteiger partial charge in [0.2, 0.25) is 15.9 Å². The van der Waals surface area contributed by atoms with Crippen molar-refractivity contribution in [3.63, 3.8) is 0 Å². The van der Waals surface area contributed by atoms with E-state index in [1.807, 2.05) is 6.07 Å². The number of benzene rings is 2. The normalized spacial score (nSPS) is 24.4. The molecule has 10 heteroatoms. The molecule has 1 heterocycles. The smallest absolute Gasteiger partial charge is 0.240 e. The van der Waals surface area contributed by atoms with E-state index in [1.165, 1.54) is 24.3 Å². The van der Waals surface area contributed by atoms with E-state index in [4.69, 9.17) is 16.3 Å². The first-order valence-corrected chi connectivity index (χ1v) is 10.7. The Morgan fingerprint density at radius 1 is 1.00 bits per heavy atom. The van der Waals surface area contributed by atoms with Gasteiger partial charge in [-0.25, -0.2) is 13.1 Å². The molecule has 0 spiro atoms. The average molecular weight is 441 g/mol. The lowest BCUT2D eigenvalue weighted by Gasteiger charge is -2.15. The fourth-order valence-electron chi connectivity index (χ4n) is 2.97. The molecular formula is C19H21ClN2O6S. The van der Waals surface area contributed by atoms with Gasteiger partial charge in [0.15, 0.2) is 0 Å². The van der Waals surface area contributed by atoms with Crippen molar-refractivity contribution in [1.82, 2.24) is 4.72 Å².